The third-order valence-electron chi connectivity index (χ3n) is 2.70. The standard InChI is InChI=1S/C14H11F3N2O3/c1-19-8-9(14(15,16)17)7-11(12(19)20)18-13(21)22-10-5-3-2-4-6-10/h2-8H,1H3,(H,18,21). The number of aromatic nitrogens is 1. The fourth-order valence-corrected chi connectivity index (χ4v) is 1.69. The Balaban J connectivity index is 2.24. The lowest BCUT2D eigenvalue weighted by molar-refractivity contribution is -0.138. The number of nitrogens with one attached hydrogen (secondary N) is 1. The second kappa shape index (κ2) is 5.92. The summed E-state index contributed by atoms with van der Waals surface area (Å²) in [7, 11) is 1.16. The predicted octanol–water partition coefficient (Wildman–Crippen LogP) is 3.02. The van der Waals surface area contributed by atoms with Crippen LogP contribution in [0.25, 0.3) is 0 Å². The first kappa shape index (κ1) is 15.6. The van der Waals surface area contributed by atoms with E-state index >= 15 is 0 Å². The highest BCUT2D eigenvalue weighted by Gasteiger charge is 2.32. The number of rotatable bonds is 2. The number of halogens is 3. The maximum atomic E-state index is 12.7. The zero-order chi connectivity index (χ0) is 16.3. The average Bonchev–Trinajstić information content (AvgIpc) is 2.43. The van der Waals surface area contributed by atoms with E-state index in [2.05, 4.69) is 0 Å². The van der Waals surface area contributed by atoms with Crippen molar-refractivity contribution in [2.24, 2.45) is 7.05 Å². The van der Waals surface area contributed by atoms with E-state index in [1.165, 1.54) is 12.1 Å². The van der Waals surface area contributed by atoms with Crippen LogP contribution in [0.1, 0.15) is 5.56 Å². The predicted molar refractivity (Wildman–Crippen MR) is 72.8 cm³/mol. The van der Waals surface area contributed by atoms with Crippen molar-refractivity contribution in [1.82, 2.24) is 4.57 Å². The number of carbonyl (C=O) groups excluding carboxylic acids is 1. The van der Waals surface area contributed by atoms with Gasteiger partial charge in [-0.1, -0.05) is 18.2 Å². The van der Waals surface area contributed by atoms with Crippen molar-refractivity contribution < 1.29 is 22.7 Å². The summed E-state index contributed by atoms with van der Waals surface area (Å²) < 4.78 is 43.7. The molecule has 0 spiro atoms. The average molecular weight is 312 g/mol. The zero-order valence-corrected chi connectivity index (χ0v) is 11.3. The molecule has 1 amide bonds. The van der Waals surface area contributed by atoms with E-state index in [-0.39, 0.29) is 5.75 Å². The molecule has 0 unspecified atom stereocenters. The lowest BCUT2D eigenvalue weighted by Gasteiger charge is -2.12. The molecule has 8 heteroatoms. The molecule has 0 saturated heterocycles. The van der Waals surface area contributed by atoms with Gasteiger partial charge in [-0.3, -0.25) is 10.1 Å². The van der Waals surface area contributed by atoms with E-state index in [9.17, 15) is 22.8 Å². The highest BCUT2D eigenvalue weighted by atomic mass is 19.4. The van der Waals surface area contributed by atoms with Crippen LogP contribution in [-0.4, -0.2) is 10.7 Å². The molecular weight excluding hydrogens is 301 g/mol. The van der Waals surface area contributed by atoms with Gasteiger partial charge in [-0.15, -0.1) is 0 Å². The summed E-state index contributed by atoms with van der Waals surface area (Å²) in [6.45, 7) is 0. The Morgan fingerprint density at radius 2 is 1.86 bits per heavy atom. The summed E-state index contributed by atoms with van der Waals surface area (Å²) >= 11 is 0. The second-order valence-corrected chi connectivity index (χ2v) is 4.38. The molecule has 0 aliphatic carbocycles. The molecule has 0 bridgehead atoms. The molecule has 2 rings (SSSR count). The molecule has 116 valence electrons. The molecule has 0 aliphatic heterocycles. The minimum Gasteiger partial charge on any atom is -0.410 e. The topological polar surface area (TPSA) is 60.3 Å². The molecule has 0 saturated carbocycles. The monoisotopic (exact) mass is 312 g/mol. The van der Waals surface area contributed by atoms with Crippen molar-refractivity contribution in [3.05, 3.63) is 58.5 Å². The van der Waals surface area contributed by atoms with Gasteiger partial charge in [0.25, 0.3) is 5.56 Å². The molecule has 1 N–H and O–H groups in total. The van der Waals surface area contributed by atoms with Crippen LogP contribution in [-0.2, 0) is 13.2 Å². The van der Waals surface area contributed by atoms with Crippen molar-refractivity contribution >= 4 is 11.8 Å². The molecule has 2 aromatic rings. The van der Waals surface area contributed by atoms with Crippen LogP contribution in [0.3, 0.4) is 0 Å². The minimum absolute atomic E-state index is 0.198. The van der Waals surface area contributed by atoms with Gasteiger partial charge in [0.2, 0.25) is 0 Å². The van der Waals surface area contributed by atoms with E-state index in [0.29, 0.717) is 12.3 Å². The van der Waals surface area contributed by atoms with Crippen LogP contribution < -0.4 is 15.6 Å². The summed E-state index contributed by atoms with van der Waals surface area (Å²) in [6.07, 6.45) is -5.04. The smallest absolute Gasteiger partial charge is 0.410 e. The SMILES string of the molecule is Cn1cc(C(F)(F)F)cc(NC(=O)Oc2ccccc2)c1=O. The first-order valence-electron chi connectivity index (χ1n) is 6.09. The number of nitrogens with zero attached hydrogens (tertiary/aromatic N) is 1. The fraction of sp³-hybridized carbons (Fsp3) is 0.143. The number of aryl methyl sites for hydroxylation is 1. The molecule has 1 aromatic heterocycles. The molecule has 22 heavy (non-hydrogen) atoms. The summed E-state index contributed by atoms with van der Waals surface area (Å²) in [6, 6.07) is 8.48. The van der Waals surface area contributed by atoms with Crippen LogP contribution in [0.4, 0.5) is 23.7 Å². The van der Waals surface area contributed by atoms with Gasteiger partial charge in [-0.05, 0) is 18.2 Å². The number of para-hydroxylation sites is 1. The van der Waals surface area contributed by atoms with Crippen LogP contribution in [0.5, 0.6) is 5.75 Å². The first-order chi connectivity index (χ1) is 10.3. The molecule has 0 fully saturated rings. The first-order valence-corrected chi connectivity index (χ1v) is 6.09. The Bertz CT molecular complexity index is 739. The normalized spacial score (nSPS) is 11.1. The van der Waals surface area contributed by atoms with Gasteiger partial charge in [0.05, 0.1) is 5.56 Å². The minimum atomic E-state index is -4.63. The molecule has 1 heterocycles. The third-order valence-corrected chi connectivity index (χ3v) is 2.70. The molecule has 0 atom stereocenters. The van der Waals surface area contributed by atoms with Crippen molar-refractivity contribution in [3.8, 4) is 5.75 Å². The number of hydrogen-bond acceptors (Lipinski definition) is 3. The molecule has 0 radical (unpaired) electrons. The number of anilines is 1. The maximum Gasteiger partial charge on any atom is 0.417 e. The summed E-state index contributed by atoms with van der Waals surface area (Å²) in [5, 5.41) is 2.02. The Labute approximate surface area is 122 Å². The second-order valence-electron chi connectivity index (χ2n) is 4.38. The van der Waals surface area contributed by atoms with E-state index in [1.54, 1.807) is 18.2 Å². The van der Waals surface area contributed by atoms with Gasteiger partial charge in [0, 0.05) is 13.2 Å². The number of carbonyl (C=O) groups is 1. The van der Waals surface area contributed by atoms with Gasteiger partial charge < -0.3 is 9.30 Å². The van der Waals surface area contributed by atoms with Gasteiger partial charge in [0.1, 0.15) is 11.4 Å². The van der Waals surface area contributed by atoms with E-state index in [0.717, 1.165) is 11.6 Å². The highest BCUT2D eigenvalue weighted by molar-refractivity contribution is 5.86. The van der Waals surface area contributed by atoms with Gasteiger partial charge in [0.15, 0.2) is 0 Å². The lowest BCUT2D eigenvalue weighted by atomic mass is 10.2. The summed E-state index contributed by atoms with van der Waals surface area (Å²) in [5.41, 5.74) is -2.35. The number of benzene rings is 1. The maximum absolute atomic E-state index is 12.7. The Kier molecular flexibility index (Phi) is 4.20. The van der Waals surface area contributed by atoms with E-state index < -0.39 is 29.1 Å². The molecule has 1 aromatic carbocycles. The molecule has 0 aliphatic rings. The summed E-state index contributed by atoms with van der Waals surface area (Å²) in [4.78, 5) is 23.4. The quantitative estimate of drug-likeness (QED) is 0.927. The van der Waals surface area contributed by atoms with E-state index in [1.807, 2.05) is 5.32 Å². The third kappa shape index (κ3) is 3.66. The molecule has 5 nitrogen and oxygen atoms in total. The number of alkyl halides is 3. The number of amides is 1. The van der Waals surface area contributed by atoms with Crippen LogP contribution >= 0.6 is 0 Å². The number of pyridine rings is 1. The Morgan fingerprint density at radius 3 is 2.45 bits per heavy atom. The zero-order valence-electron chi connectivity index (χ0n) is 11.3. The van der Waals surface area contributed by atoms with Gasteiger partial charge >= 0.3 is 12.3 Å². The van der Waals surface area contributed by atoms with Crippen molar-refractivity contribution in [3.63, 3.8) is 0 Å². The summed E-state index contributed by atoms with van der Waals surface area (Å²) in [5.74, 6) is 0.198. The van der Waals surface area contributed by atoms with Gasteiger partial charge in [-0.25, -0.2) is 4.79 Å². The Hall–Kier alpha value is -2.77. The highest BCUT2D eigenvalue weighted by Crippen LogP contribution is 2.29. The van der Waals surface area contributed by atoms with Crippen LogP contribution in [0.15, 0.2) is 47.4 Å². The number of ether oxygens (including phenoxy) is 1. The van der Waals surface area contributed by atoms with Crippen LogP contribution in [0.2, 0.25) is 0 Å². The Morgan fingerprint density at radius 1 is 1.23 bits per heavy atom. The fourth-order valence-electron chi connectivity index (χ4n) is 1.69. The van der Waals surface area contributed by atoms with Crippen LogP contribution in [0, 0.1) is 0 Å². The van der Waals surface area contributed by atoms with Gasteiger partial charge in [-0.2, -0.15) is 13.2 Å². The van der Waals surface area contributed by atoms with E-state index in [4.69, 9.17) is 4.74 Å². The molecular formula is C14H11F3N2O3. The largest absolute Gasteiger partial charge is 0.417 e. The van der Waals surface area contributed by atoms with Crippen molar-refractivity contribution in [1.29, 1.82) is 0 Å². The number of hydrogen-bond donors (Lipinski definition) is 1. The lowest BCUT2D eigenvalue weighted by Crippen LogP contribution is -2.27. The van der Waals surface area contributed by atoms with Crippen molar-refractivity contribution in [2.45, 2.75) is 6.18 Å². The van der Waals surface area contributed by atoms with Crippen molar-refractivity contribution in [2.75, 3.05) is 5.32 Å².